The maximum atomic E-state index is 13.3. The molecule has 3 aliphatic rings. The number of anilines is 1. The first-order valence-corrected chi connectivity index (χ1v) is 12.4. The van der Waals surface area contributed by atoms with Crippen LogP contribution in [-0.4, -0.2) is 35.2 Å². The van der Waals surface area contributed by atoms with Crippen molar-refractivity contribution in [3.05, 3.63) is 16.0 Å². The number of thiophene rings is 1. The van der Waals surface area contributed by atoms with Crippen LogP contribution in [0.25, 0.3) is 0 Å². The Labute approximate surface area is 182 Å². The second-order valence-electron chi connectivity index (χ2n) is 9.07. The van der Waals surface area contributed by atoms with Crippen LogP contribution in [0.2, 0.25) is 0 Å². The highest BCUT2D eigenvalue weighted by Crippen LogP contribution is 2.38. The van der Waals surface area contributed by atoms with Crippen LogP contribution in [0.5, 0.6) is 0 Å². The highest BCUT2D eigenvalue weighted by molar-refractivity contribution is 7.17. The second-order valence-corrected chi connectivity index (χ2v) is 10.2. The minimum atomic E-state index is -0.476. The molecule has 1 aromatic heterocycles. The zero-order valence-electron chi connectivity index (χ0n) is 17.7. The lowest BCUT2D eigenvalue weighted by molar-refractivity contribution is -0.141. The van der Waals surface area contributed by atoms with Crippen LogP contribution in [-0.2, 0) is 22.4 Å². The zero-order valence-corrected chi connectivity index (χ0v) is 18.5. The zero-order chi connectivity index (χ0) is 21.1. The van der Waals surface area contributed by atoms with E-state index in [2.05, 4.69) is 5.32 Å². The van der Waals surface area contributed by atoms with Gasteiger partial charge in [-0.05, 0) is 56.9 Å². The van der Waals surface area contributed by atoms with Crippen molar-refractivity contribution in [3.63, 3.8) is 0 Å². The van der Waals surface area contributed by atoms with Crippen molar-refractivity contribution in [1.29, 1.82) is 0 Å². The molecule has 0 atom stereocenters. The molecule has 7 heteroatoms. The quantitative estimate of drug-likeness (QED) is 0.712. The van der Waals surface area contributed by atoms with Crippen molar-refractivity contribution in [3.8, 4) is 0 Å². The number of carbonyl (C=O) groups excluding carboxylic acids is 3. The summed E-state index contributed by atoms with van der Waals surface area (Å²) >= 11 is 1.48. The van der Waals surface area contributed by atoms with Crippen LogP contribution < -0.4 is 11.1 Å². The van der Waals surface area contributed by atoms with Crippen molar-refractivity contribution in [2.24, 2.45) is 11.7 Å². The monoisotopic (exact) mass is 431 g/mol. The molecular weight excluding hydrogens is 398 g/mol. The lowest BCUT2D eigenvalue weighted by atomic mass is 9.88. The topological polar surface area (TPSA) is 92.5 Å². The van der Waals surface area contributed by atoms with Gasteiger partial charge in [0.25, 0.3) is 5.91 Å². The summed E-state index contributed by atoms with van der Waals surface area (Å²) in [6.45, 7) is 0.0702. The van der Waals surface area contributed by atoms with Gasteiger partial charge in [-0.15, -0.1) is 11.3 Å². The number of nitrogens with zero attached hydrogens (tertiary/aromatic N) is 1. The van der Waals surface area contributed by atoms with E-state index in [1.807, 2.05) is 4.90 Å². The number of nitrogens with two attached hydrogens (primary N) is 1. The van der Waals surface area contributed by atoms with Gasteiger partial charge in [0.1, 0.15) is 11.5 Å². The maximum Gasteiger partial charge on any atom is 0.251 e. The average Bonchev–Trinajstić information content (AvgIpc) is 3.39. The van der Waals surface area contributed by atoms with Gasteiger partial charge in [0.05, 0.1) is 5.56 Å². The normalized spacial score (nSPS) is 20.0. The summed E-state index contributed by atoms with van der Waals surface area (Å²) in [6.07, 6.45) is 13.4. The molecule has 3 amide bonds. The predicted octanol–water partition coefficient (Wildman–Crippen LogP) is 4.02. The number of aryl methyl sites for hydroxylation is 1. The molecule has 30 heavy (non-hydrogen) atoms. The molecule has 0 aromatic carbocycles. The first kappa shape index (κ1) is 21.3. The predicted molar refractivity (Wildman–Crippen MR) is 119 cm³/mol. The highest BCUT2D eigenvalue weighted by atomic mass is 32.1. The number of primary amides is 1. The fraction of sp³-hybridized carbons (Fsp3) is 0.696. The van der Waals surface area contributed by atoms with Crippen LogP contribution >= 0.6 is 11.3 Å². The summed E-state index contributed by atoms with van der Waals surface area (Å²) in [5, 5.41) is 3.51. The van der Waals surface area contributed by atoms with Crippen LogP contribution in [0.3, 0.4) is 0 Å². The molecule has 164 valence electrons. The minimum Gasteiger partial charge on any atom is -0.365 e. The molecule has 4 rings (SSSR count). The highest BCUT2D eigenvalue weighted by Gasteiger charge is 2.34. The fourth-order valence-corrected chi connectivity index (χ4v) is 6.73. The lowest BCUT2D eigenvalue weighted by Gasteiger charge is -2.33. The van der Waals surface area contributed by atoms with E-state index in [4.69, 9.17) is 5.73 Å². The van der Waals surface area contributed by atoms with Gasteiger partial charge in [0.15, 0.2) is 0 Å². The van der Waals surface area contributed by atoms with E-state index in [0.717, 1.165) is 87.5 Å². The Morgan fingerprint density at radius 2 is 1.60 bits per heavy atom. The van der Waals surface area contributed by atoms with E-state index in [1.54, 1.807) is 0 Å². The van der Waals surface area contributed by atoms with Gasteiger partial charge in [0.2, 0.25) is 11.8 Å². The Balaban J connectivity index is 1.49. The smallest absolute Gasteiger partial charge is 0.251 e. The van der Waals surface area contributed by atoms with Crippen molar-refractivity contribution in [2.75, 3.05) is 11.9 Å². The molecule has 0 bridgehead atoms. The Morgan fingerprint density at radius 1 is 0.933 bits per heavy atom. The van der Waals surface area contributed by atoms with Gasteiger partial charge in [-0.3, -0.25) is 14.4 Å². The molecule has 1 aromatic rings. The Bertz CT molecular complexity index is 807. The number of nitrogens with one attached hydrogen (secondary N) is 1. The Kier molecular flexibility index (Phi) is 6.76. The molecule has 0 saturated heterocycles. The number of carbonyl (C=O) groups is 3. The van der Waals surface area contributed by atoms with Gasteiger partial charge in [-0.25, -0.2) is 0 Å². The third-order valence-corrected chi connectivity index (χ3v) is 8.19. The standard InChI is InChI=1S/C23H33N3O3S/c24-21(28)20-17-12-6-7-13-18(17)30-22(20)25-19(27)14-26(16-10-4-5-11-16)23(29)15-8-2-1-3-9-15/h15-16H,1-14H2,(H2,24,28)(H,25,27). The van der Waals surface area contributed by atoms with E-state index in [9.17, 15) is 14.4 Å². The summed E-state index contributed by atoms with van der Waals surface area (Å²) in [6, 6.07) is 0.164. The van der Waals surface area contributed by atoms with Crippen molar-refractivity contribution in [1.82, 2.24) is 4.90 Å². The summed E-state index contributed by atoms with van der Waals surface area (Å²) in [7, 11) is 0. The average molecular weight is 432 g/mol. The van der Waals surface area contributed by atoms with Gasteiger partial charge >= 0.3 is 0 Å². The third-order valence-electron chi connectivity index (χ3n) is 6.99. The number of hydrogen-bond acceptors (Lipinski definition) is 4. The second kappa shape index (κ2) is 9.50. The molecular formula is C23H33N3O3S. The molecule has 0 aliphatic heterocycles. The number of amides is 3. The summed E-state index contributed by atoms with van der Waals surface area (Å²) in [4.78, 5) is 41.4. The van der Waals surface area contributed by atoms with Gasteiger partial charge < -0.3 is 16.0 Å². The van der Waals surface area contributed by atoms with E-state index in [0.29, 0.717) is 10.6 Å². The van der Waals surface area contributed by atoms with Gasteiger partial charge in [-0.1, -0.05) is 32.1 Å². The molecule has 0 spiro atoms. The van der Waals surface area contributed by atoms with Crippen molar-refractivity contribution in [2.45, 2.75) is 89.5 Å². The van der Waals surface area contributed by atoms with E-state index in [1.165, 1.54) is 17.8 Å². The largest absolute Gasteiger partial charge is 0.365 e. The summed E-state index contributed by atoms with van der Waals surface area (Å²) in [5.41, 5.74) is 7.15. The molecule has 3 N–H and O–H groups in total. The number of rotatable bonds is 6. The molecule has 1 heterocycles. The first-order valence-electron chi connectivity index (χ1n) is 11.6. The van der Waals surface area contributed by atoms with E-state index >= 15 is 0 Å². The van der Waals surface area contributed by atoms with E-state index in [-0.39, 0.29) is 30.3 Å². The molecule has 2 saturated carbocycles. The van der Waals surface area contributed by atoms with Crippen LogP contribution in [0.15, 0.2) is 0 Å². The van der Waals surface area contributed by atoms with Gasteiger partial charge in [0, 0.05) is 16.8 Å². The van der Waals surface area contributed by atoms with Crippen molar-refractivity contribution >= 4 is 34.1 Å². The molecule has 0 radical (unpaired) electrons. The Morgan fingerprint density at radius 3 is 2.30 bits per heavy atom. The van der Waals surface area contributed by atoms with Crippen LogP contribution in [0.4, 0.5) is 5.00 Å². The third kappa shape index (κ3) is 4.56. The van der Waals surface area contributed by atoms with Gasteiger partial charge in [-0.2, -0.15) is 0 Å². The summed E-state index contributed by atoms with van der Waals surface area (Å²) < 4.78 is 0. The summed E-state index contributed by atoms with van der Waals surface area (Å²) in [5.74, 6) is -0.484. The van der Waals surface area contributed by atoms with Crippen molar-refractivity contribution < 1.29 is 14.4 Å². The van der Waals surface area contributed by atoms with E-state index < -0.39 is 5.91 Å². The van der Waals surface area contributed by atoms with Crippen LogP contribution in [0, 0.1) is 5.92 Å². The van der Waals surface area contributed by atoms with Crippen LogP contribution in [0.1, 0.15) is 91.4 Å². The molecule has 0 unspecified atom stereocenters. The maximum absolute atomic E-state index is 13.3. The minimum absolute atomic E-state index is 0.0578. The number of fused-ring (bicyclic) bond motifs is 1. The Hall–Kier alpha value is -1.89. The molecule has 3 aliphatic carbocycles. The SMILES string of the molecule is NC(=O)c1c(NC(=O)CN(C(=O)C2CCCCC2)C2CCCC2)sc2c1CCCC2. The fourth-order valence-electron chi connectivity index (χ4n) is 5.42. The molecule has 6 nitrogen and oxygen atoms in total. The first-order chi connectivity index (χ1) is 14.5. The lowest BCUT2D eigenvalue weighted by Crippen LogP contribution is -2.46. The number of hydrogen-bond donors (Lipinski definition) is 2. The molecule has 2 fully saturated rings.